The first kappa shape index (κ1) is 19.7. The molecule has 1 aliphatic carbocycles. The lowest BCUT2D eigenvalue weighted by Gasteiger charge is -2.39. The molecule has 1 aliphatic heterocycles. The lowest BCUT2D eigenvalue weighted by atomic mass is 9.84. The van der Waals surface area contributed by atoms with Crippen LogP contribution < -0.4 is 0 Å². The van der Waals surface area contributed by atoms with Gasteiger partial charge in [-0.05, 0) is 43.9 Å². The Bertz CT molecular complexity index is 986. The summed E-state index contributed by atoms with van der Waals surface area (Å²) >= 11 is 0. The van der Waals surface area contributed by atoms with E-state index in [1.165, 1.54) is 0 Å². The number of benzene rings is 2. The van der Waals surface area contributed by atoms with Gasteiger partial charge in [0.05, 0.1) is 18.8 Å². The van der Waals surface area contributed by atoms with Gasteiger partial charge in [-0.3, -0.25) is 19.3 Å². The van der Waals surface area contributed by atoms with Gasteiger partial charge in [0.15, 0.2) is 5.78 Å². The van der Waals surface area contributed by atoms with Crippen LogP contribution in [0.2, 0.25) is 0 Å². The number of hydrogen-bond donors (Lipinski definition) is 0. The highest BCUT2D eigenvalue weighted by Gasteiger charge is 2.36. The van der Waals surface area contributed by atoms with Gasteiger partial charge in [-0.15, -0.1) is 0 Å². The molecule has 2 aromatic carbocycles. The van der Waals surface area contributed by atoms with Crippen molar-refractivity contribution >= 4 is 17.3 Å². The third-order valence-electron chi connectivity index (χ3n) is 6.11. The second kappa shape index (κ2) is 7.65. The molecule has 0 saturated carbocycles. The minimum absolute atomic E-state index is 0.0510. The van der Waals surface area contributed by atoms with Crippen LogP contribution in [0.4, 0.5) is 0 Å². The fraction of sp³-hybridized carbons (Fsp3) is 0.375. The van der Waals surface area contributed by atoms with Gasteiger partial charge in [0, 0.05) is 29.8 Å². The Morgan fingerprint density at radius 2 is 1.52 bits per heavy atom. The van der Waals surface area contributed by atoms with E-state index in [2.05, 4.69) is 4.90 Å². The van der Waals surface area contributed by atoms with Crippen molar-refractivity contribution in [1.29, 1.82) is 0 Å². The average molecular weight is 391 g/mol. The highest BCUT2D eigenvalue weighted by atomic mass is 16.5. The van der Waals surface area contributed by atoms with Crippen LogP contribution in [-0.2, 0) is 17.6 Å². The summed E-state index contributed by atoms with van der Waals surface area (Å²) in [5, 5.41) is 0. The van der Waals surface area contributed by atoms with Crippen molar-refractivity contribution in [3.05, 3.63) is 70.3 Å². The molecule has 2 aliphatic rings. The van der Waals surface area contributed by atoms with Gasteiger partial charge in [-0.1, -0.05) is 36.4 Å². The summed E-state index contributed by atoms with van der Waals surface area (Å²) in [5.41, 5.74) is 2.29. The molecular formula is C24H25NO4. The van der Waals surface area contributed by atoms with E-state index in [0.29, 0.717) is 55.8 Å². The van der Waals surface area contributed by atoms with Crippen molar-refractivity contribution in [3.63, 3.8) is 0 Å². The Morgan fingerprint density at radius 3 is 2.24 bits per heavy atom. The van der Waals surface area contributed by atoms with Crippen molar-refractivity contribution in [2.24, 2.45) is 0 Å². The molecule has 1 fully saturated rings. The molecule has 150 valence electrons. The normalized spacial score (nSPS) is 17.9. The molecule has 0 aromatic heterocycles. The first-order valence-electron chi connectivity index (χ1n) is 10.1. The number of nitrogens with zero attached hydrogens (tertiary/aromatic N) is 1. The zero-order chi connectivity index (χ0) is 20.6. The molecule has 4 rings (SSSR count). The summed E-state index contributed by atoms with van der Waals surface area (Å²) in [4.78, 5) is 41.2. The molecule has 1 heterocycles. The molecule has 0 unspecified atom stereocenters. The van der Waals surface area contributed by atoms with Gasteiger partial charge < -0.3 is 4.74 Å². The van der Waals surface area contributed by atoms with E-state index in [1.807, 2.05) is 32.0 Å². The standard InChI is InChI=1S/C24H25NO4/c1-24(2,25-11-13-29-14-12-25)23(28)18-10-9-17-8-7-16-5-3-4-6-19(16)21(26)22(27)20(17)15-18/h3-6,9-10,15H,7-8,11-14H2,1-2H3. The monoisotopic (exact) mass is 391 g/mol. The Kier molecular flexibility index (Phi) is 5.19. The number of carbonyl (C=O) groups excluding carboxylic acids is 3. The molecule has 29 heavy (non-hydrogen) atoms. The maximum atomic E-state index is 13.3. The summed E-state index contributed by atoms with van der Waals surface area (Å²) in [6.45, 7) is 6.40. The molecule has 0 amide bonds. The van der Waals surface area contributed by atoms with Crippen LogP contribution >= 0.6 is 0 Å². The van der Waals surface area contributed by atoms with Crippen LogP contribution in [0, 0.1) is 0 Å². The Balaban J connectivity index is 1.68. The lowest BCUT2D eigenvalue weighted by molar-refractivity contribution is -0.00430. The van der Waals surface area contributed by atoms with E-state index in [-0.39, 0.29) is 5.78 Å². The topological polar surface area (TPSA) is 63.7 Å². The minimum atomic E-state index is -0.709. The van der Waals surface area contributed by atoms with Crippen LogP contribution in [-0.4, -0.2) is 54.1 Å². The molecule has 0 spiro atoms. The van der Waals surface area contributed by atoms with Crippen LogP contribution in [0.3, 0.4) is 0 Å². The summed E-state index contributed by atoms with van der Waals surface area (Å²) in [5.74, 6) is -1.09. The first-order chi connectivity index (χ1) is 13.9. The van der Waals surface area contributed by atoms with Crippen molar-refractivity contribution < 1.29 is 19.1 Å². The molecule has 0 radical (unpaired) electrons. The van der Waals surface area contributed by atoms with E-state index in [4.69, 9.17) is 4.74 Å². The van der Waals surface area contributed by atoms with Crippen molar-refractivity contribution in [1.82, 2.24) is 4.90 Å². The van der Waals surface area contributed by atoms with Crippen molar-refractivity contribution in [2.75, 3.05) is 26.3 Å². The Hall–Kier alpha value is -2.63. The summed E-state index contributed by atoms with van der Waals surface area (Å²) in [7, 11) is 0. The van der Waals surface area contributed by atoms with Crippen molar-refractivity contribution in [2.45, 2.75) is 32.2 Å². The molecule has 0 atom stereocenters. The molecule has 1 saturated heterocycles. The Labute approximate surface area is 170 Å². The SMILES string of the molecule is CC(C)(C(=O)c1ccc2c(c1)C(=O)C(=O)c1ccccc1CC2)N1CCOCC1. The van der Waals surface area contributed by atoms with Crippen LogP contribution in [0.25, 0.3) is 0 Å². The summed E-state index contributed by atoms with van der Waals surface area (Å²) in [6, 6.07) is 12.5. The second-order valence-electron chi connectivity index (χ2n) is 8.17. The number of ketones is 3. The van der Waals surface area contributed by atoms with Gasteiger partial charge in [0.25, 0.3) is 0 Å². The van der Waals surface area contributed by atoms with Gasteiger partial charge in [0.1, 0.15) is 0 Å². The maximum Gasteiger partial charge on any atom is 0.233 e. The number of rotatable bonds is 3. The predicted octanol–water partition coefficient (Wildman–Crippen LogP) is 3.14. The number of aryl methyl sites for hydroxylation is 2. The number of carbonyl (C=O) groups is 3. The lowest BCUT2D eigenvalue weighted by Crippen LogP contribution is -2.54. The smallest absolute Gasteiger partial charge is 0.233 e. The van der Waals surface area contributed by atoms with Crippen LogP contribution in [0.1, 0.15) is 56.0 Å². The van der Waals surface area contributed by atoms with Gasteiger partial charge >= 0.3 is 0 Å². The summed E-state index contributed by atoms with van der Waals surface area (Å²) < 4.78 is 5.40. The molecule has 5 heteroatoms. The van der Waals surface area contributed by atoms with Crippen molar-refractivity contribution in [3.8, 4) is 0 Å². The third-order valence-corrected chi connectivity index (χ3v) is 6.11. The average Bonchev–Trinajstić information content (AvgIpc) is 2.76. The quantitative estimate of drug-likeness (QED) is 0.594. The zero-order valence-electron chi connectivity index (χ0n) is 16.9. The largest absolute Gasteiger partial charge is 0.379 e. The molecule has 0 N–H and O–H groups in total. The predicted molar refractivity (Wildman–Crippen MR) is 110 cm³/mol. The second-order valence-corrected chi connectivity index (χ2v) is 8.17. The number of ether oxygens (including phenoxy) is 1. The van der Waals surface area contributed by atoms with Crippen LogP contribution in [0.15, 0.2) is 42.5 Å². The number of morpholine rings is 1. The fourth-order valence-electron chi connectivity index (χ4n) is 4.24. The van der Waals surface area contributed by atoms with Gasteiger partial charge in [-0.2, -0.15) is 0 Å². The molecule has 0 bridgehead atoms. The third kappa shape index (κ3) is 3.56. The first-order valence-corrected chi connectivity index (χ1v) is 10.1. The van der Waals surface area contributed by atoms with E-state index >= 15 is 0 Å². The van der Waals surface area contributed by atoms with E-state index in [1.54, 1.807) is 24.3 Å². The van der Waals surface area contributed by atoms with Gasteiger partial charge in [-0.25, -0.2) is 0 Å². The molecular weight excluding hydrogens is 366 g/mol. The zero-order valence-corrected chi connectivity index (χ0v) is 16.9. The number of fused-ring (bicyclic) bond motifs is 2. The van der Waals surface area contributed by atoms with E-state index in [0.717, 1.165) is 11.1 Å². The van der Waals surface area contributed by atoms with Gasteiger partial charge in [0.2, 0.25) is 11.6 Å². The summed E-state index contributed by atoms with van der Waals surface area (Å²) in [6.07, 6.45) is 1.35. The highest BCUT2D eigenvalue weighted by molar-refractivity contribution is 6.50. The maximum absolute atomic E-state index is 13.3. The minimum Gasteiger partial charge on any atom is -0.379 e. The number of Topliss-reactive ketones (excluding diaryl/α,β-unsaturated/α-hetero) is 3. The van der Waals surface area contributed by atoms with Crippen LogP contribution in [0.5, 0.6) is 0 Å². The van der Waals surface area contributed by atoms with E-state index < -0.39 is 17.1 Å². The fourth-order valence-corrected chi connectivity index (χ4v) is 4.24. The van der Waals surface area contributed by atoms with E-state index in [9.17, 15) is 14.4 Å². The Morgan fingerprint density at radius 1 is 0.897 bits per heavy atom. The molecule has 2 aromatic rings. The highest BCUT2D eigenvalue weighted by Crippen LogP contribution is 2.26. The number of hydrogen-bond acceptors (Lipinski definition) is 5. The molecule has 5 nitrogen and oxygen atoms in total.